The fourth-order valence-electron chi connectivity index (χ4n) is 3.07. The number of fused-ring (bicyclic) bond motifs is 2. The lowest BCUT2D eigenvalue weighted by molar-refractivity contribution is -0.143. The van der Waals surface area contributed by atoms with Crippen molar-refractivity contribution in [3.05, 3.63) is 68.7 Å². The van der Waals surface area contributed by atoms with Gasteiger partial charge in [-0.15, -0.1) is 0 Å². The van der Waals surface area contributed by atoms with Crippen LogP contribution in [0.1, 0.15) is 11.1 Å². The minimum atomic E-state index is -4.94. The number of hydrogen-bond acceptors (Lipinski definition) is 2. The van der Waals surface area contributed by atoms with E-state index >= 15 is 0 Å². The van der Waals surface area contributed by atoms with E-state index in [2.05, 4.69) is 41.8 Å². The molecule has 0 radical (unpaired) electrons. The lowest BCUT2D eigenvalue weighted by atomic mass is 10.0. The topological polar surface area (TPSA) is 25.8 Å². The maximum Gasteiger partial charge on any atom is 0.416 e. The van der Waals surface area contributed by atoms with E-state index in [1.807, 2.05) is 18.2 Å². The van der Waals surface area contributed by atoms with E-state index in [0.29, 0.717) is 32.1 Å². The van der Waals surface area contributed by atoms with Crippen LogP contribution in [-0.2, 0) is 12.4 Å². The largest absolute Gasteiger partial charge is 0.416 e. The third-order valence-electron chi connectivity index (χ3n) is 4.47. The highest BCUT2D eigenvalue weighted by Gasteiger charge is 2.37. The molecule has 0 bridgehead atoms. The Morgan fingerprint density at radius 1 is 0.700 bits per heavy atom. The van der Waals surface area contributed by atoms with Crippen molar-refractivity contribution >= 4 is 53.7 Å². The molecule has 0 spiro atoms. The monoisotopic (exact) mass is 548 g/mol. The van der Waals surface area contributed by atoms with Crippen molar-refractivity contribution in [2.75, 3.05) is 0 Å². The molecule has 4 rings (SSSR count). The summed E-state index contributed by atoms with van der Waals surface area (Å²) in [6.45, 7) is 0. The van der Waals surface area contributed by atoms with Gasteiger partial charge in [0.25, 0.3) is 0 Å². The molecule has 3 aromatic carbocycles. The third-order valence-corrected chi connectivity index (χ3v) is 6.08. The van der Waals surface area contributed by atoms with Gasteiger partial charge in [0.2, 0.25) is 0 Å². The van der Waals surface area contributed by atoms with Crippen LogP contribution in [0.25, 0.3) is 33.1 Å². The number of hydrogen-bond donors (Lipinski definition) is 0. The number of halogens is 8. The molecule has 154 valence electrons. The van der Waals surface area contributed by atoms with Gasteiger partial charge in [0.15, 0.2) is 0 Å². The second-order valence-electron chi connectivity index (χ2n) is 6.42. The second kappa shape index (κ2) is 7.19. The van der Waals surface area contributed by atoms with E-state index in [-0.39, 0.29) is 17.3 Å². The Morgan fingerprint density at radius 3 is 1.70 bits per heavy atom. The van der Waals surface area contributed by atoms with Gasteiger partial charge in [-0.1, -0.05) is 24.3 Å². The van der Waals surface area contributed by atoms with Crippen molar-refractivity contribution in [1.29, 1.82) is 0 Å². The lowest BCUT2D eigenvalue weighted by Gasteiger charge is -2.14. The molecule has 0 amide bonds. The summed E-state index contributed by atoms with van der Waals surface area (Å²) in [6, 6.07) is 8.63. The first-order valence-electron chi connectivity index (χ1n) is 8.29. The van der Waals surface area contributed by atoms with Crippen LogP contribution in [0.4, 0.5) is 26.3 Å². The molecule has 0 aliphatic heterocycles. The van der Waals surface area contributed by atoms with Crippen molar-refractivity contribution in [1.82, 2.24) is 9.97 Å². The molecule has 0 aliphatic rings. The molecule has 0 aliphatic carbocycles. The third kappa shape index (κ3) is 3.66. The summed E-state index contributed by atoms with van der Waals surface area (Å²) < 4.78 is 80.2. The molecule has 2 nitrogen and oxygen atoms in total. The van der Waals surface area contributed by atoms with E-state index in [4.69, 9.17) is 0 Å². The molecule has 0 N–H and O–H groups in total. The van der Waals surface area contributed by atoms with Crippen molar-refractivity contribution in [3.63, 3.8) is 0 Å². The van der Waals surface area contributed by atoms with Crippen LogP contribution in [0.5, 0.6) is 0 Å². The van der Waals surface area contributed by atoms with Gasteiger partial charge >= 0.3 is 12.4 Å². The molecule has 0 saturated heterocycles. The Balaban J connectivity index is 2.00. The smallest absolute Gasteiger partial charge is 0.251 e. The number of nitrogens with zero attached hydrogens (tertiary/aromatic N) is 2. The zero-order valence-electron chi connectivity index (χ0n) is 14.5. The molecule has 1 aromatic heterocycles. The molecule has 0 saturated carbocycles. The Hall–Kier alpha value is -2.20. The minimum absolute atomic E-state index is 0.0813. The number of rotatable bonds is 1. The standard InChI is InChI=1S/C20H8Br2F6N2/c21-15-12-3-1-2-4-13(12)16(22)18-17(15)29-8-14(30-18)9-5-10(19(23,24)25)7-11(6-9)20(26,27)28/h1-8H. The number of benzene rings is 3. The minimum Gasteiger partial charge on any atom is -0.251 e. The lowest BCUT2D eigenvalue weighted by Crippen LogP contribution is -2.11. The number of alkyl halides is 6. The fourth-order valence-corrected chi connectivity index (χ4v) is 4.32. The predicted octanol–water partition coefficient (Wildman–Crippen LogP) is 8.01. The van der Waals surface area contributed by atoms with E-state index in [1.165, 1.54) is 0 Å². The zero-order chi connectivity index (χ0) is 21.8. The fraction of sp³-hybridized carbons (Fsp3) is 0.100. The van der Waals surface area contributed by atoms with E-state index in [1.54, 1.807) is 6.07 Å². The van der Waals surface area contributed by atoms with Crippen LogP contribution in [0.2, 0.25) is 0 Å². The maximum atomic E-state index is 13.2. The first-order valence-corrected chi connectivity index (χ1v) is 9.87. The Labute approximate surface area is 182 Å². The Morgan fingerprint density at radius 2 is 1.20 bits per heavy atom. The Bertz CT molecular complexity index is 1270. The molecule has 4 aromatic rings. The van der Waals surface area contributed by atoms with Gasteiger partial charge < -0.3 is 0 Å². The number of aromatic nitrogens is 2. The molecular weight excluding hydrogens is 542 g/mol. The van der Waals surface area contributed by atoms with E-state index < -0.39 is 23.5 Å². The van der Waals surface area contributed by atoms with Crippen LogP contribution in [-0.4, -0.2) is 9.97 Å². The second-order valence-corrected chi connectivity index (χ2v) is 8.01. The SMILES string of the molecule is FC(F)(F)c1cc(-c2cnc3c(Br)c4ccccc4c(Br)c3n2)cc(C(F)(F)F)c1. The summed E-state index contributed by atoms with van der Waals surface area (Å²) in [6.07, 6.45) is -8.73. The van der Waals surface area contributed by atoms with Crippen molar-refractivity contribution in [3.8, 4) is 11.3 Å². The van der Waals surface area contributed by atoms with Crippen molar-refractivity contribution in [2.24, 2.45) is 0 Å². The molecule has 0 fully saturated rings. The molecule has 0 unspecified atom stereocenters. The van der Waals surface area contributed by atoms with Gasteiger partial charge in [0, 0.05) is 5.56 Å². The van der Waals surface area contributed by atoms with Crippen LogP contribution in [0.15, 0.2) is 57.6 Å². The van der Waals surface area contributed by atoms with Gasteiger partial charge in [-0.2, -0.15) is 26.3 Å². The van der Waals surface area contributed by atoms with Crippen LogP contribution < -0.4 is 0 Å². The van der Waals surface area contributed by atoms with Crippen LogP contribution in [0.3, 0.4) is 0 Å². The summed E-state index contributed by atoms with van der Waals surface area (Å²) in [5.41, 5.74) is -2.53. The van der Waals surface area contributed by atoms with Gasteiger partial charge in [-0.25, -0.2) is 4.98 Å². The van der Waals surface area contributed by atoms with Crippen LogP contribution >= 0.6 is 31.9 Å². The van der Waals surface area contributed by atoms with E-state index in [0.717, 1.165) is 17.0 Å². The summed E-state index contributed by atoms with van der Waals surface area (Å²) in [5, 5.41) is 1.60. The van der Waals surface area contributed by atoms with Crippen LogP contribution in [0, 0.1) is 0 Å². The van der Waals surface area contributed by atoms with Crippen molar-refractivity contribution < 1.29 is 26.3 Å². The highest BCUT2D eigenvalue weighted by atomic mass is 79.9. The van der Waals surface area contributed by atoms with Gasteiger partial charge in [0.05, 0.1) is 32.0 Å². The normalized spacial score (nSPS) is 12.7. The first kappa shape index (κ1) is 21.0. The zero-order valence-corrected chi connectivity index (χ0v) is 17.7. The highest BCUT2D eigenvalue weighted by Crippen LogP contribution is 2.40. The summed E-state index contributed by atoms with van der Waals surface area (Å²) >= 11 is 6.88. The quantitative estimate of drug-likeness (QED) is 0.177. The highest BCUT2D eigenvalue weighted by molar-refractivity contribution is 9.11. The average Bonchev–Trinajstić information content (AvgIpc) is 2.70. The van der Waals surface area contributed by atoms with Gasteiger partial charge in [-0.05, 0) is 60.8 Å². The molecule has 0 atom stereocenters. The first-order chi connectivity index (χ1) is 14.0. The van der Waals surface area contributed by atoms with Gasteiger partial charge in [-0.3, -0.25) is 4.98 Å². The molecule has 10 heteroatoms. The average molecular weight is 550 g/mol. The predicted molar refractivity (Wildman–Crippen MR) is 108 cm³/mol. The summed E-state index contributed by atoms with van der Waals surface area (Å²) in [4.78, 5) is 8.58. The molecule has 1 heterocycles. The van der Waals surface area contributed by atoms with Gasteiger partial charge in [0.1, 0.15) is 11.0 Å². The molecular formula is C20H8Br2F6N2. The molecule has 30 heavy (non-hydrogen) atoms. The Kier molecular flexibility index (Phi) is 5.05. The van der Waals surface area contributed by atoms with E-state index in [9.17, 15) is 26.3 Å². The van der Waals surface area contributed by atoms with Crippen molar-refractivity contribution in [2.45, 2.75) is 12.4 Å². The maximum absolute atomic E-state index is 13.2. The summed E-state index contributed by atoms with van der Waals surface area (Å²) in [5.74, 6) is 0. The summed E-state index contributed by atoms with van der Waals surface area (Å²) in [7, 11) is 0.